The summed E-state index contributed by atoms with van der Waals surface area (Å²) in [6, 6.07) is 3.53. The lowest BCUT2D eigenvalue weighted by molar-refractivity contribution is 0.211. The monoisotopic (exact) mass is 198 g/mol. The molecule has 0 heterocycles. The summed E-state index contributed by atoms with van der Waals surface area (Å²) in [6.45, 7) is 0.102. The molecule has 76 valence electrons. The highest BCUT2D eigenvalue weighted by Crippen LogP contribution is 2.47. The quantitative estimate of drug-likeness (QED) is 0.790. The number of aliphatic hydroxyl groups excluding tert-OH is 1. The highest BCUT2D eigenvalue weighted by atomic mass is 19.1. The molecule has 3 heteroatoms. The fourth-order valence-corrected chi connectivity index (χ4v) is 1.71. The topological polar surface area (TPSA) is 20.2 Å². The number of hydrogen-bond acceptors (Lipinski definition) is 1. The maximum atomic E-state index is 12.8. The zero-order valence-electron chi connectivity index (χ0n) is 7.76. The van der Waals surface area contributed by atoms with Crippen LogP contribution in [0.4, 0.5) is 8.78 Å². The Balaban J connectivity index is 2.16. The van der Waals surface area contributed by atoms with E-state index < -0.39 is 11.6 Å². The van der Waals surface area contributed by atoms with Gasteiger partial charge in [0.25, 0.3) is 0 Å². The van der Waals surface area contributed by atoms with Gasteiger partial charge in [0.1, 0.15) is 11.6 Å². The minimum absolute atomic E-state index is 0.0970. The molecule has 0 aliphatic heterocycles. The van der Waals surface area contributed by atoms with Crippen molar-refractivity contribution in [3.63, 3.8) is 0 Å². The molecule has 1 nitrogen and oxygen atoms in total. The third-order valence-corrected chi connectivity index (χ3v) is 2.79. The Morgan fingerprint density at radius 2 is 1.71 bits per heavy atom. The SMILES string of the molecule is OCC1(Cc2cc(F)cc(F)c2)CC1. The second-order valence-electron chi connectivity index (χ2n) is 4.11. The molecule has 0 aromatic heterocycles. The van der Waals surface area contributed by atoms with Crippen molar-refractivity contribution in [2.45, 2.75) is 19.3 Å². The average Bonchev–Trinajstić information content (AvgIpc) is 2.83. The molecule has 1 aliphatic carbocycles. The van der Waals surface area contributed by atoms with E-state index in [9.17, 15) is 8.78 Å². The van der Waals surface area contributed by atoms with Crippen molar-refractivity contribution in [3.05, 3.63) is 35.4 Å². The van der Waals surface area contributed by atoms with Gasteiger partial charge in [-0.2, -0.15) is 0 Å². The van der Waals surface area contributed by atoms with E-state index in [1.807, 2.05) is 0 Å². The summed E-state index contributed by atoms with van der Waals surface area (Å²) in [4.78, 5) is 0. The summed E-state index contributed by atoms with van der Waals surface area (Å²) in [6.07, 6.45) is 2.46. The fourth-order valence-electron chi connectivity index (χ4n) is 1.71. The van der Waals surface area contributed by atoms with Crippen molar-refractivity contribution >= 4 is 0 Å². The number of hydrogen-bond donors (Lipinski definition) is 1. The maximum Gasteiger partial charge on any atom is 0.126 e. The Hall–Kier alpha value is -0.960. The molecule has 1 fully saturated rings. The van der Waals surface area contributed by atoms with Crippen molar-refractivity contribution < 1.29 is 13.9 Å². The van der Waals surface area contributed by atoms with Gasteiger partial charge in [-0.1, -0.05) is 0 Å². The summed E-state index contributed by atoms with van der Waals surface area (Å²) in [7, 11) is 0. The molecule has 0 bridgehead atoms. The van der Waals surface area contributed by atoms with Crippen LogP contribution in [-0.2, 0) is 6.42 Å². The maximum absolute atomic E-state index is 12.8. The van der Waals surface area contributed by atoms with Crippen LogP contribution >= 0.6 is 0 Å². The first-order valence-corrected chi connectivity index (χ1v) is 4.69. The number of rotatable bonds is 3. The zero-order valence-corrected chi connectivity index (χ0v) is 7.76. The van der Waals surface area contributed by atoms with Crippen LogP contribution in [0.2, 0.25) is 0 Å². The Morgan fingerprint density at radius 3 is 2.14 bits per heavy atom. The molecular formula is C11H12F2O. The second kappa shape index (κ2) is 3.31. The van der Waals surface area contributed by atoms with Gasteiger partial charge in [0, 0.05) is 12.7 Å². The van der Waals surface area contributed by atoms with E-state index in [0.717, 1.165) is 18.9 Å². The van der Waals surface area contributed by atoms with Crippen LogP contribution in [0, 0.1) is 17.0 Å². The lowest BCUT2D eigenvalue weighted by Crippen LogP contribution is -2.10. The van der Waals surface area contributed by atoms with Gasteiger partial charge in [-0.25, -0.2) is 8.78 Å². The molecule has 1 N–H and O–H groups in total. The molecule has 0 radical (unpaired) electrons. The minimum Gasteiger partial charge on any atom is -0.396 e. The van der Waals surface area contributed by atoms with Crippen LogP contribution in [0.25, 0.3) is 0 Å². The van der Waals surface area contributed by atoms with E-state index in [1.54, 1.807) is 0 Å². The minimum atomic E-state index is -0.547. The fraction of sp³-hybridized carbons (Fsp3) is 0.455. The highest BCUT2D eigenvalue weighted by molar-refractivity contribution is 5.21. The number of halogens is 2. The Bertz CT molecular complexity index is 325. The van der Waals surface area contributed by atoms with E-state index in [1.165, 1.54) is 12.1 Å². The third-order valence-electron chi connectivity index (χ3n) is 2.79. The molecule has 0 saturated heterocycles. The van der Waals surface area contributed by atoms with E-state index in [-0.39, 0.29) is 12.0 Å². The van der Waals surface area contributed by atoms with E-state index in [4.69, 9.17) is 5.11 Å². The molecule has 14 heavy (non-hydrogen) atoms. The summed E-state index contributed by atoms with van der Waals surface area (Å²) in [5, 5.41) is 9.07. The van der Waals surface area contributed by atoms with E-state index in [2.05, 4.69) is 0 Å². The molecular weight excluding hydrogens is 186 g/mol. The van der Waals surface area contributed by atoms with Crippen LogP contribution in [0.1, 0.15) is 18.4 Å². The summed E-state index contributed by atoms with van der Waals surface area (Å²) in [5.41, 5.74) is 0.536. The van der Waals surface area contributed by atoms with Gasteiger partial charge in [-0.3, -0.25) is 0 Å². The summed E-state index contributed by atoms with van der Waals surface area (Å²) in [5.74, 6) is -1.09. The molecule has 0 spiro atoms. The first-order valence-electron chi connectivity index (χ1n) is 4.69. The van der Waals surface area contributed by atoms with Crippen molar-refractivity contribution in [1.29, 1.82) is 0 Å². The number of aliphatic hydroxyl groups is 1. The van der Waals surface area contributed by atoms with Crippen LogP contribution < -0.4 is 0 Å². The Labute approximate surface area is 81.4 Å². The predicted octanol–water partition coefficient (Wildman–Crippen LogP) is 2.28. The molecule has 1 saturated carbocycles. The van der Waals surface area contributed by atoms with Gasteiger partial charge in [-0.05, 0) is 42.4 Å². The van der Waals surface area contributed by atoms with Gasteiger partial charge in [0.05, 0.1) is 0 Å². The Morgan fingerprint density at radius 1 is 1.14 bits per heavy atom. The van der Waals surface area contributed by atoms with Crippen LogP contribution in [-0.4, -0.2) is 11.7 Å². The smallest absolute Gasteiger partial charge is 0.126 e. The standard InChI is InChI=1S/C11H12F2O/c12-9-3-8(4-10(13)5-9)6-11(7-14)1-2-11/h3-5,14H,1-2,6-7H2. The van der Waals surface area contributed by atoms with Gasteiger partial charge < -0.3 is 5.11 Å². The van der Waals surface area contributed by atoms with Crippen molar-refractivity contribution in [2.75, 3.05) is 6.61 Å². The van der Waals surface area contributed by atoms with E-state index >= 15 is 0 Å². The first kappa shape index (κ1) is 9.59. The lowest BCUT2D eigenvalue weighted by atomic mass is 9.97. The van der Waals surface area contributed by atoms with Crippen molar-refractivity contribution in [1.82, 2.24) is 0 Å². The number of benzene rings is 1. The highest BCUT2D eigenvalue weighted by Gasteiger charge is 2.41. The van der Waals surface area contributed by atoms with Crippen LogP contribution in [0.15, 0.2) is 18.2 Å². The third kappa shape index (κ3) is 1.93. The molecule has 0 amide bonds. The Kier molecular flexibility index (Phi) is 2.27. The van der Waals surface area contributed by atoms with E-state index in [0.29, 0.717) is 12.0 Å². The van der Waals surface area contributed by atoms with Crippen molar-refractivity contribution in [3.8, 4) is 0 Å². The van der Waals surface area contributed by atoms with Crippen molar-refractivity contribution in [2.24, 2.45) is 5.41 Å². The largest absolute Gasteiger partial charge is 0.396 e. The van der Waals surface area contributed by atoms with Gasteiger partial charge in [0.15, 0.2) is 0 Å². The van der Waals surface area contributed by atoms with Crippen LogP contribution in [0.3, 0.4) is 0 Å². The normalized spacial score (nSPS) is 18.2. The lowest BCUT2D eigenvalue weighted by Gasteiger charge is -2.11. The average molecular weight is 198 g/mol. The molecule has 1 aromatic rings. The summed E-state index contributed by atoms with van der Waals surface area (Å²) >= 11 is 0. The molecule has 2 rings (SSSR count). The second-order valence-corrected chi connectivity index (χ2v) is 4.11. The van der Waals surface area contributed by atoms with Gasteiger partial charge in [0.2, 0.25) is 0 Å². The predicted molar refractivity (Wildman–Crippen MR) is 48.8 cm³/mol. The first-order chi connectivity index (χ1) is 6.63. The molecule has 1 aromatic carbocycles. The molecule has 0 unspecified atom stereocenters. The zero-order chi connectivity index (χ0) is 10.2. The van der Waals surface area contributed by atoms with Crippen LogP contribution in [0.5, 0.6) is 0 Å². The molecule has 1 aliphatic rings. The molecule has 0 atom stereocenters. The van der Waals surface area contributed by atoms with Gasteiger partial charge >= 0.3 is 0 Å². The van der Waals surface area contributed by atoms with Gasteiger partial charge in [-0.15, -0.1) is 0 Å². The summed E-state index contributed by atoms with van der Waals surface area (Å²) < 4.78 is 25.7.